The van der Waals surface area contributed by atoms with Gasteiger partial charge in [0, 0.05) is 18.0 Å². The predicted octanol–water partition coefficient (Wildman–Crippen LogP) is 4.03. The van der Waals surface area contributed by atoms with Crippen LogP contribution in [0.3, 0.4) is 0 Å². The van der Waals surface area contributed by atoms with Crippen LogP contribution in [-0.2, 0) is 11.3 Å². The Morgan fingerprint density at radius 1 is 1.25 bits per heavy atom. The zero-order valence-corrected chi connectivity index (χ0v) is 17.5. The van der Waals surface area contributed by atoms with Crippen molar-refractivity contribution in [1.82, 2.24) is 25.1 Å². The van der Waals surface area contributed by atoms with Crippen LogP contribution in [0, 0.1) is 11.8 Å². The average molecular weight is 398 g/mol. The number of carbonyl (C=O) groups excluding carboxylic acids is 1. The summed E-state index contributed by atoms with van der Waals surface area (Å²) in [5.74, 6) is 1.56. The van der Waals surface area contributed by atoms with E-state index in [0.717, 1.165) is 35.0 Å². The molecule has 1 amide bonds. The monoisotopic (exact) mass is 397 g/mol. The van der Waals surface area contributed by atoms with Gasteiger partial charge in [0.2, 0.25) is 11.1 Å². The minimum Gasteiger partial charge on any atom is -0.352 e. The van der Waals surface area contributed by atoms with Gasteiger partial charge in [-0.05, 0) is 31.2 Å². The molecule has 0 unspecified atom stereocenters. The van der Waals surface area contributed by atoms with Crippen molar-refractivity contribution in [3.8, 4) is 0 Å². The van der Waals surface area contributed by atoms with Gasteiger partial charge in [0.05, 0.1) is 11.3 Å². The summed E-state index contributed by atoms with van der Waals surface area (Å²) in [5, 5.41) is 13.5. The van der Waals surface area contributed by atoms with Crippen molar-refractivity contribution in [2.75, 3.05) is 5.75 Å². The first-order chi connectivity index (χ1) is 13.6. The fourth-order valence-electron chi connectivity index (χ4n) is 4.23. The maximum atomic E-state index is 12.5. The average Bonchev–Trinajstić information content (AvgIpc) is 3.03. The van der Waals surface area contributed by atoms with Gasteiger partial charge >= 0.3 is 0 Å². The number of nitrogens with zero attached hydrogens (tertiary/aromatic N) is 4. The minimum atomic E-state index is 0.0516. The van der Waals surface area contributed by atoms with Crippen LogP contribution >= 0.6 is 11.8 Å². The molecule has 28 heavy (non-hydrogen) atoms. The third-order valence-electron chi connectivity index (χ3n) is 6.06. The van der Waals surface area contributed by atoms with Gasteiger partial charge in [0.25, 0.3) is 0 Å². The van der Waals surface area contributed by atoms with Crippen molar-refractivity contribution < 1.29 is 4.79 Å². The molecule has 0 aliphatic heterocycles. The first-order valence-corrected chi connectivity index (χ1v) is 11.1. The number of amides is 1. The van der Waals surface area contributed by atoms with Crippen LogP contribution in [-0.4, -0.2) is 37.5 Å². The Kier molecular flexibility index (Phi) is 5.53. The lowest BCUT2D eigenvalue weighted by atomic mass is 9.78. The van der Waals surface area contributed by atoms with Crippen LogP contribution < -0.4 is 5.32 Å². The number of fused-ring (bicyclic) bond motifs is 3. The smallest absolute Gasteiger partial charge is 0.230 e. The molecule has 3 aromatic rings. The lowest BCUT2D eigenvalue weighted by Gasteiger charge is -2.34. The van der Waals surface area contributed by atoms with Gasteiger partial charge in [-0.3, -0.25) is 4.79 Å². The lowest BCUT2D eigenvalue weighted by Crippen LogP contribution is -2.44. The van der Waals surface area contributed by atoms with Crippen LogP contribution in [0.4, 0.5) is 0 Å². The van der Waals surface area contributed by atoms with Crippen molar-refractivity contribution in [1.29, 1.82) is 0 Å². The summed E-state index contributed by atoms with van der Waals surface area (Å²) in [6.45, 7) is 7.43. The normalized spacial score (nSPS) is 22.6. The zero-order chi connectivity index (χ0) is 19.7. The van der Waals surface area contributed by atoms with Gasteiger partial charge in [0.15, 0.2) is 5.65 Å². The highest BCUT2D eigenvalue weighted by Gasteiger charge is 2.28. The van der Waals surface area contributed by atoms with E-state index in [1.165, 1.54) is 24.6 Å². The predicted molar refractivity (Wildman–Crippen MR) is 113 cm³/mol. The van der Waals surface area contributed by atoms with Crippen LogP contribution in [0.2, 0.25) is 0 Å². The molecule has 2 heterocycles. The van der Waals surface area contributed by atoms with Crippen LogP contribution in [0.1, 0.15) is 40.0 Å². The standard InChI is InChI=1S/C21H27N5OS/c1-4-26-17-11-6-5-9-15(17)19-20(26)23-21(25-24-19)28-12-18(27)22-16-10-7-8-13(2)14(16)3/h5-6,9,11,13-14,16H,4,7-8,10,12H2,1-3H3,(H,22,27)/t13-,14+,16-/m1/s1. The molecule has 1 aliphatic carbocycles. The van der Waals surface area contributed by atoms with Gasteiger partial charge < -0.3 is 9.88 Å². The van der Waals surface area contributed by atoms with Crippen molar-refractivity contribution in [2.24, 2.45) is 11.8 Å². The lowest BCUT2D eigenvalue weighted by molar-refractivity contribution is -0.120. The molecule has 1 N–H and O–H groups in total. The molecule has 1 saturated carbocycles. The Labute approximate surface area is 169 Å². The van der Waals surface area contributed by atoms with E-state index in [1.807, 2.05) is 18.2 Å². The molecule has 0 spiro atoms. The highest BCUT2D eigenvalue weighted by atomic mass is 32.2. The quantitative estimate of drug-likeness (QED) is 0.658. The Balaban J connectivity index is 1.48. The Hall–Kier alpha value is -2.15. The van der Waals surface area contributed by atoms with E-state index in [4.69, 9.17) is 4.98 Å². The molecule has 6 nitrogen and oxygen atoms in total. The van der Waals surface area contributed by atoms with E-state index in [1.54, 1.807) is 0 Å². The molecule has 148 valence electrons. The van der Waals surface area contributed by atoms with Crippen molar-refractivity contribution in [2.45, 2.75) is 57.8 Å². The highest BCUT2D eigenvalue weighted by molar-refractivity contribution is 7.99. The van der Waals surface area contributed by atoms with E-state index in [9.17, 15) is 4.79 Å². The third kappa shape index (κ3) is 3.60. The molecule has 1 fully saturated rings. The fraction of sp³-hybridized carbons (Fsp3) is 0.524. The third-order valence-corrected chi connectivity index (χ3v) is 6.89. The second-order valence-electron chi connectivity index (χ2n) is 7.76. The summed E-state index contributed by atoms with van der Waals surface area (Å²) >= 11 is 1.35. The van der Waals surface area contributed by atoms with E-state index < -0.39 is 0 Å². The Bertz CT molecular complexity index is 1000. The van der Waals surface area contributed by atoms with Crippen molar-refractivity contribution >= 4 is 39.7 Å². The van der Waals surface area contributed by atoms with E-state index in [-0.39, 0.29) is 11.9 Å². The number of nitrogens with one attached hydrogen (secondary N) is 1. The number of aromatic nitrogens is 4. The number of thioether (sulfide) groups is 1. The van der Waals surface area contributed by atoms with Crippen molar-refractivity contribution in [3.05, 3.63) is 24.3 Å². The molecule has 7 heteroatoms. The molecular formula is C21H27N5OS. The molecule has 2 aromatic heterocycles. The molecule has 0 saturated heterocycles. The fourth-order valence-corrected chi connectivity index (χ4v) is 4.83. The van der Waals surface area contributed by atoms with E-state index >= 15 is 0 Å². The van der Waals surface area contributed by atoms with Gasteiger partial charge in [-0.1, -0.05) is 56.7 Å². The van der Waals surface area contributed by atoms with Gasteiger partial charge in [-0.25, -0.2) is 4.98 Å². The summed E-state index contributed by atoms with van der Waals surface area (Å²) in [4.78, 5) is 17.2. The molecule has 1 aliphatic rings. The SMILES string of the molecule is CCn1c2ccccc2c2nnc(SCC(=O)N[C@@H]3CCC[C@@H](C)[C@@H]3C)nc21. The summed E-state index contributed by atoms with van der Waals surface area (Å²) in [6, 6.07) is 8.43. The largest absolute Gasteiger partial charge is 0.352 e. The highest BCUT2D eigenvalue weighted by Crippen LogP contribution is 2.30. The molecule has 3 atom stereocenters. The van der Waals surface area contributed by atoms with Crippen LogP contribution in [0.25, 0.3) is 22.1 Å². The molecule has 0 bridgehead atoms. The first kappa shape index (κ1) is 19.2. The van der Waals surface area contributed by atoms with Gasteiger partial charge in [-0.15, -0.1) is 10.2 Å². The number of benzene rings is 1. The maximum absolute atomic E-state index is 12.5. The van der Waals surface area contributed by atoms with Crippen LogP contribution in [0.15, 0.2) is 29.4 Å². The second-order valence-corrected chi connectivity index (χ2v) is 8.70. The first-order valence-electron chi connectivity index (χ1n) is 10.1. The molecule has 4 rings (SSSR count). The number of aryl methyl sites for hydroxylation is 1. The molecule has 1 aromatic carbocycles. The van der Waals surface area contributed by atoms with E-state index in [2.05, 4.69) is 46.9 Å². The number of carbonyl (C=O) groups is 1. The second kappa shape index (κ2) is 8.07. The van der Waals surface area contributed by atoms with Gasteiger partial charge in [-0.2, -0.15) is 0 Å². The summed E-state index contributed by atoms with van der Waals surface area (Å²) in [6.07, 6.45) is 3.52. The van der Waals surface area contributed by atoms with E-state index in [0.29, 0.717) is 22.7 Å². The molecule has 0 radical (unpaired) electrons. The minimum absolute atomic E-state index is 0.0516. The van der Waals surface area contributed by atoms with Crippen LogP contribution in [0.5, 0.6) is 0 Å². The number of para-hydroxylation sites is 1. The van der Waals surface area contributed by atoms with Crippen molar-refractivity contribution in [3.63, 3.8) is 0 Å². The number of hydrogen-bond donors (Lipinski definition) is 1. The summed E-state index contributed by atoms with van der Waals surface area (Å²) < 4.78 is 2.15. The Morgan fingerprint density at radius 3 is 2.89 bits per heavy atom. The summed E-state index contributed by atoms with van der Waals surface area (Å²) in [7, 11) is 0. The maximum Gasteiger partial charge on any atom is 0.230 e. The number of rotatable bonds is 5. The zero-order valence-electron chi connectivity index (χ0n) is 16.7. The topological polar surface area (TPSA) is 72.7 Å². The Morgan fingerprint density at radius 2 is 2.07 bits per heavy atom. The summed E-state index contributed by atoms with van der Waals surface area (Å²) in [5.41, 5.74) is 2.76. The number of hydrogen-bond acceptors (Lipinski definition) is 5. The van der Waals surface area contributed by atoms with Gasteiger partial charge in [0.1, 0.15) is 5.52 Å². The molecular weight excluding hydrogens is 370 g/mol.